The standard InChI is InChI=1S/C82H58O52/c83-28-3-18(4-29(84)49(28)97)71(112)129-67-65-42(16-122-75(116)23-11-36(91)53(101)59(107)44(23)46-25(78(119)127-65)13-38(93)55(103)61(46)109)125-81(69(67)131-73(114)20-7-32(87)51(99)33(88)8-20)133-77(118)22-1-2-41(58(106)48(22)96)124-64-27(15-40(95)57(105)63(64)111)80(121)134-82-70(132-74(115)21-9-34(89)52(100)35(90)10-21)68(130-72(113)19-5-30(85)50(98)31(86)6-19)66-43(126-82)17-123-76(117)24-12-37(92)54(102)60(108)45(24)47-26(79(120)128-66)14-39(94)56(104)62(47)110/h1-15,42-43,65-70,81-111H,16-17H2. The van der Waals surface area contributed by atoms with Crippen LogP contribution in [0.25, 0.3) is 22.3 Å². The van der Waals surface area contributed by atoms with Crippen molar-refractivity contribution in [1.29, 1.82) is 0 Å². The number of ether oxygens (including phenoxy) is 13. The number of fused-ring (bicyclic) bond motifs is 8. The summed E-state index contributed by atoms with van der Waals surface area (Å²) in [7, 11) is 0. The number of aromatic hydroxyl groups is 29. The third kappa shape index (κ3) is 16.1. The molecule has 52 nitrogen and oxygen atoms in total. The van der Waals surface area contributed by atoms with Gasteiger partial charge in [0.25, 0.3) is 0 Å². The second-order valence-corrected chi connectivity index (χ2v) is 28.7. The molecule has 29 N–H and O–H groups in total. The highest BCUT2D eigenvalue weighted by molar-refractivity contribution is 6.11. The maximum absolute atomic E-state index is 15.3. The van der Waals surface area contributed by atoms with E-state index in [1.54, 1.807) is 0 Å². The van der Waals surface area contributed by atoms with Crippen LogP contribution in [-0.4, -0.2) is 282 Å². The number of carbonyl (C=O) groups is 10. The van der Waals surface area contributed by atoms with E-state index in [-0.39, 0.29) is 18.2 Å². The Labute approximate surface area is 736 Å². The predicted octanol–water partition coefficient (Wildman–Crippen LogP) is 3.73. The number of carbonyl (C=O) groups excluding carboxylic acids is 10. The van der Waals surface area contributed by atoms with Gasteiger partial charge in [0.2, 0.25) is 65.0 Å². The molecular weight excluding hydrogens is 1820 g/mol. The van der Waals surface area contributed by atoms with Gasteiger partial charge >= 0.3 is 59.7 Å². The van der Waals surface area contributed by atoms with E-state index in [2.05, 4.69) is 0 Å². The summed E-state index contributed by atoms with van der Waals surface area (Å²) in [6.07, 6.45) is -28.3. The molecule has 0 aromatic heterocycles. The molecule has 10 aromatic rings. The molecule has 10 unspecified atom stereocenters. The third-order valence-corrected chi connectivity index (χ3v) is 20.4. The van der Waals surface area contributed by atoms with E-state index < -0.39 is 390 Å². The fourth-order valence-corrected chi connectivity index (χ4v) is 13.9. The zero-order chi connectivity index (χ0) is 97.7. The topological polar surface area (TPSA) is 877 Å². The lowest BCUT2D eigenvalue weighted by molar-refractivity contribution is -0.282. The van der Waals surface area contributed by atoms with Crippen molar-refractivity contribution in [3.8, 4) is 200 Å². The van der Waals surface area contributed by atoms with Crippen LogP contribution in [0, 0.1) is 0 Å². The van der Waals surface area contributed by atoms with E-state index in [1.165, 1.54) is 0 Å². The van der Waals surface area contributed by atoms with Crippen molar-refractivity contribution >= 4 is 59.7 Å². The second-order valence-electron chi connectivity index (χ2n) is 28.7. The fraction of sp³-hybridized carbons (Fsp3) is 0.146. The van der Waals surface area contributed by atoms with E-state index in [1.807, 2.05) is 0 Å². The van der Waals surface area contributed by atoms with Crippen LogP contribution in [0.2, 0.25) is 0 Å². The molecule has 0 bridgehead atoms. The molecule has 4 heterocycles. The third-order valence-electron chi connectivity index (χ3n) is 20.4. The maximum atomic E-state index is 15.3. The number of rotatable bonds is 14. The molecule has 0 aliphatic carbocycles. The largest absolute Gasteiger partial charge is 0.504 e. The Morgan fingerprint density at radius 3 is 0.821 bits per heavy atom. The Hall–Kier alpha value is -19.2. The quantitative estimate of drug-likeness (QED) is 0.0419. The van der Waals surface area contributed by atoms with Crippen molar-refractivity contribution in [2.24, 2.45) is 0 Å². The SMILES string of the molecule is O=C(OC1C(OC(=O)c2ccc(Oc3c(C(=O)OC4OC5COC(=O)c6cc(O)c(O)c(O)c6-c6c(cc(O)c(O)c6O)C(=O)OC5C(OC(=O)c5cc(O)c(O)c(O)c5)C4OC(=O)c4cc(O)c(O)c(O)c4)cc(O)c(O)c3O)c(O)c2O)OC2COC(=O)c3cc(O)c(O)c(O)c3-c3c(cc(O)c(O)c3O)C(=O)OC2C1OC(=O)c1cc(O)c(O)c(O)c1)c1cc(O)c(O)c(O)c1. The molecule has 2 saturated heterocycles. The average Bonchev–Trinajstić information content (AvgIpc) is 1.31. The lowest BCUT2D eigenvalue weighted by Crippen LogP contribution is -2.63. The predicted molar refractivity (Wildman–Crippen MR) is 415 cm³/mol. The van der Waals surface area contributed by atoms with Gasteiger partial charge in [-0.3, -0.25) is 0 Å². The zero-order valence-electron chi connectivity index (χ0n) is 65.7. The summed E-state index contributed by atoms with van der Waals surface area (Å²) in [6.45, 7) is -3.10. The molecule has 2 fully saturated rings. The van der Waals surface area contributed by atoms with Crippen LogP contribution in [0.1, 0.15) is 104 Å². The average molecular weight is 1880 g/mol. The van der Waals surface area contributed by atoms with E-state index in [0.717, 1.165) is 0 Å². The van der Waals surface area contributed by atoms with Gasteiger partial charge in [0.05, 0.1) is 44.5 Å². The summed E-state index contributed by atoms with van der Waals surface area (Å²) in [5, 5.41) is 314. The van der Waals surface area contributed by atoms with Crippen molar-refractivity contribution in [3.63, 3.8) is 0 Å². The molecule has 0 radical (unpaired) electrons. The van der Waals surface area contributed by atoms with Crippen molar-refractivity contribution in [2.45, 2.75) is 61.4 Å². The number of cyclic esters (lactones) is 2. The Bertz CT molecular complexity index is 6660. The van der Waals surface area contributed by atoms with Crippen molar-refractivity contribution in [1.82, 2.24) is 0 Å². The smallest absolute Gasteiger partial charge is 0.344 e. The van der Waals surface area contributed by atoms with Crippen molar-refractivity contribution < 1.29 is 258 Å². The number of phenolic OH excluding ortho intramolecular Hbond substituents is 29. The van der Waals surface area contributed by atoms with Crippen LogP contribution in [-0.2, 0) is 56.8 Å². The van der Waals surface area contributed by atoms with Gasteiger partial charge in [-0.2, -0.15) is 0 Å². The van der Waals surface area contributed by atoms with Crippen LogP contribution in [0.5, 0.6) is 178 Å². The molecule has 10 atom stereocenters. The van der Waals surface area contributed by atoms with Gasteiger partial charge in [-0.1, -0.05) is 0 Å². The molecule has 4 aliphatic rings. The number of benzene rings is 10. The molecule has 14 rings (SSSR count). The highest BCUT2D eigenvalue weighted by Gasteiger charge is 2.58. The van der Waals surface area contributed by atoms with Crippen molar-refractivity contribution in [3.05, 3.63) is 147 Å². The summed E-state index contributed by atoms with van der Waals surface area (Å²) >= 11 is 0. The normalized spacial score (nSPS) is 19.1. The fourth-order valence-electron chi connectivity index (χ4n) is 13.9. The van der Waals surface area contributed by atoms with Gasteiger partial charge in [-0.25, -0.2) is 47.9 Å². The molecule has 0 saturated carbocycles. The summed E-state index contributed by atoms with van der Waals surface area (Å²) in [6, 6.07) is 5.25. The zero-order valence-corrected chi connectivity index (χ0v) is 65.7. The van der Waals surface area contributed by atoms with Gasteiger partial charge in [-0.15, -0.1) is 0 Å². The first-order chi connectivity index (χ1) is 63.1. The number of esters is 10. The highest BCUT2D eigenvalue weighted by Crippen LogP contribution is 2.58. The summed E-state index contributed by atoms with van der Waals surface area (Å²) in [5.74, 6) is -64.8. The molecule has 52 heteroatoms. The van der Waals surface area contributed by atoms with Crippen LogP contribution < -0.4 is 4.74 Å². The van der Waals surface area contributed by atoms with Crippen LogP contribution in [0.4, 0.5) is 0 Å². The minimum atomic E-state index is -3.06. The van der Waals surface area contributed by atoms with Crippen LogP contribution in [0.15, 0.2) is 91.0 Å². The minimum Gasteiger partial charge on any atom is -0.504 e. The van der Waals surface area contributed by atoms with Gasteiger partial charge in [-0.05, 0) is 84.9 Å². The Balaban J connectivity index is 0.860. The van der Waals surface area contributed by atoms with Crippen LogP contribution >= 0.6 is 0 Å². The summed E-state index contributed by atoms with van der Waals surface area (Å²) in [5.41, 5.74) is -16.9. The lowest BCUT2D eigenvalue weighted by Gasteiger charge is -2.43. The van der Waals surface area contributed by atoms with Gasteiger partial charge in [0.1, 0.15) is 36.5 Å². The Morgan fingerprint density at radius 2 is 0.515 bits per heavy atom. The molecule has 0 spiro atoms. The van der Waals surface area contributed by atoms with Gasteiger partial charge in [0, 0.05) is 28.3 Å². The molecule has 4 aliphatic heterocycles. The minimum absolute atomic E-state index is 0.138. The monoisotopic (exact) mass is 1870 g/mol. The molecular formula is C82H58O52. The molecule has 134 heavy (non-hydrogen) atoms. The maximum Gasteiger partial charge on any atom is 0.344 e. The summed E-state index contributed by atoms with van der Waals surface area (Å²) in [4.78, 5) is 147. The molecule has 698 valence electrons. The Morgan fingerprint density at radius 1 is 0.254 bits per heavy atom. The summed E-state index contributed by atoms with van der Waals surface area (Å²) < 4.78 is 74.0. The van der Waals surface area contributed by atoms with Gasteiger partial charge in [0.15, 0.2) is 162 Å². The second kappa shape index (κ2) is 34.2. The lowest BCUT2D eigenvalue weighted by atomic mass is 9.92. The Kier molecular flexibility index (Phi) is 23.2. The first kappa shape index (κ1) is 91.0. The van der Waals surface area contributed by atoms with E-state index in [9.17, 15) is 191 Å². The number of phenols is 29. The van der Waals surface area contributed by atoms with E-state index in [0.29, 0.717) is 72.8 Å². The molecule has 10 aromatic carbocycles. The van der Waals surface area contributed by atoms with Crippen LogP contribution in [0.3, 0.4) is 0 Å². The van der Waals surface area contributed by atoms with E-state index in [4.69, 9.17) is 61.6 Å². The number of hydrogen-bond acceptors (Lipinski definition) is 52. The number of hydrogen-bond donors (Lipinski definition) is 29. The molecule has 0 amide bonds. The van der Waals surface area contributed by atoms with E-state index >= 15 is 4.79 Å². The first-order valence-electron chi connectivity index (χ1n) is 37.0. The first-order valence-corrected chi connectivity index (χ1v) is 37.0. The van der Waals surface area contributed by atoms with Gasteiger partial charge < -0.3 is 210 Å². The highest BCUT2D eigenvalue weighted by atomic mass is 16.8. The van der Waals surface area contributed by atoms with Crippen molar-refractivity contribution in [2.75, 3.05) is 13.2 Å².